The summed E-state index contributed by atoms with van der Waals surface area (Å²) in [5, 5.41) is 15.7. The van der Waals surface area contributed by atoms with Crippen molar-refractivity contribution in [3.8, 4) is 11.4 Å². The standard InChI is InChI=1S/C12H11N5OS2/c1-13-11-15-16-12(20-11)19-7-9-14-10(17-18-9)8-5-3-2-4-6-8/h2-6H,7H2,1H3,(H,13,15). The molecule has 3 rings (SSSR count). The molecule has 0 saturated heterocycles. The van der Waals surface area contributed by atoms with Gasteiger partial charge in [0.2, 0.25) is 16.8 Å². The molecule has 8 heteroatoms. The van der Waals surface area contributed by atoms with Gasteiger partial charge in [-0.05, 0) is 0 Å². The van der Waals surface area contributed by atoms with Gasteiger partial charge in [0.1, 0.15) is 0 Å². The third-order valence-electron chi connectivity index (χ3n) is 2.44. The molecule has 102 valence electrons. The summed E-state index contributed by atoms with van der Waals surface area (Å²) in [6.07, 6.45) is 0. The Hall–Kier alpha value is -1.93. The van der Waals surface area contributed by atoms with Crippen LogP contribution in [0.2, 0.25) is 0 Å². The van der Waals surface area contributed by atoms with Crippen molar-refractivity contribution in [2.24, 2.45) is 0 Å². The zero-order chi connectivity index (χ0) is 13.8. The van der Waals surface area contributed by atoms with Gasteiger partial charge in [0, 0.05) is 12.6 Å². The molecule has 0 aliphatic carbocycles. The fraction of sp³-hybridized carbons (Fsp3) is 0.167. The normalized spacial score (nSPS) is 10.7. The van der Waals surface area contributed by atoms with Crippen LogP contribution >= 0.6 is 23.1 Å². The molecule has 0 saturated carbocycles. The number of nitrogens with zero attached hydrogens (tertiary/aromatic N) is 4. The number of benzene rings is 1. The summed E-state index contributed by atoms with van der Waals surface area (Å²) in [7, 11) is 1.82. The number of hydrogen-bond donors (Lipinski definition) is 1. The lowest BCUT2D eigenvalue weighted by Crippen LogP contribution is -1.84. The number of hydrogen-bond acceptors (Lipinski definition) is 8. The van der Waals surface area contributed by atoms with Crippen molar-refractivity contribution in [1.29, 1.82) is 0 Å². The summed E-state index contributed by atoms with van der Waals surface area (Å²) in [4.78, 5) is 4.36. The average molecular weight is 305 g/mol. The van der Waals surface area contributed by atoms with Crippen molar-refractivity contribution >= 4 is 28.2 Å². The van der Waals surface area contributed by atoms with Crippen molar-refractivity contribution < 1.29 is 4.52 Å². The second kappa shape index (κ2) is 6.02. The maximum Gasteiger partial charge on any atom is 0.237 e. The molecule has 0 bridgehead atoms. The molecule has 0 fully saturated rings. The van der Waals surface area contributed by atoms with Gasteiger partial charge in [-0.25, -0.2) is 0 Å². The van der Waals surface area contributed by atoms with E-state index in [0.717, 1.165) is 15.0 Å². The van der Waals surface area contributed by atoms with E-state index in [0.29, 0.717) is 17.5 Å². The van der Waals surface area contributed by atoms with E-state index in [-0.39, 0.29) is 0 Å². The minimum atomic E-state index is 0.579. The summed E-state index contributed by atoms with van der Waals surface area (Å²) in [6, 6.07) is 9.74. The molecule has 2 aromatic heterocycles. The minimum absolute atomic E-state index is 0.579. The van der Waals surface area contributed by atoms with E-state index in [4.69, 9.17) is 4.52 Å². The van der Waals surface area contributed by atoms with Gasteiger partial charge in [0.05, 0.1) is 5.75 Å². The zero-order valence-corrected chi connectivity index (χ0v) is 12.2. The van der Waals surface area contributed by atoms with E-state index < -0.39 is 0 Å². The van der Waals surface area contributed by atoms with Crippen LogP contribution in [0.1, 0.15) is 5.89 Å². The van der Waals surface area contributed by atoms with Gasteiger partial charge in [0.25, 0.3) is 0 Å². The lowest BCUT2D eigenvalue weighted by Gasteiger charge is -1.91. The molecule has 0 spiro atoms. The predicted octanol–water partition coefficient (Wildman–Crippen LogP) is 2.92. The van der Waals surface area contributed by atoms with Gasteiger partial charge in [0.15, 0.2) is 4.34 Å². The van der Waals surface area contributed by atoms with Crippen molar-refractivity contribution in [2.45, 2.75) is 10.1 Å². The van der Waals surface area contributed by atoms with E-state index in [1.807, 2.05) is 37.4 Å². The SMILES string of the molecule is CNc1nnc(SCc2nc(-c3ccccc3)no2)s1. The van der Waals surface area contributed by atoms with Gasteiger partial charge < -0.3 is 9.84 Å². The second-order valence-electron chi connectivity index (χ2n) is 3.79. The maximum absolute atomic E-state index is 5.23. The molecule has 0 radical (unpaired) electrons. The quantitative estimate of drug-likeness (QED) is 0.726. The highest BCUT2D eigenvalue weighted by atomic mass is 32.2. The monoisotopic (exact) mass is 305 g/mol. The molecule has 0 atom stereocenters. The van der Waals surface area contributed by atoms with Gasteiger partial charge in [-0.1, -0.05) is 58.6 Å². The first-order valence-electron chi connectivity index (χ1n) is 5.87. The molecule has 3 aromatic rings. The number of thioether (sulfide) groups is 1. The van der Waals surface area contributed by atoms with Crippen molar-refractivity contribution in [3.63, 3.8) is 0 Å². The third kappa shape index (κ3) is 2.97. The van der Waals surface area contributed by atoms with Crippen LogP contribution in [-0.4, -0.2) is 27.4 Å². The van der Waals surface area contributed by atoms with Crippen LogP contribution in [0.5, 0.6) is 0 Å². The van der Waals surface area contributed by atoms with Gasteiger partial charge in [-0.2, -0.15) is 4.98 Å². The number of aromatic nitrogens is 4. The first kappa shape index (κ1) is 13.1. The van der Waals surface area contributed by atoms with Crippen LogP contribution in [0.4, 0.5) is 5.13 Å². The Kier molecular flexibility index (Phi) is 3.93. The highest BCUT2D eigenvalue weighted by Crippen LogP contribution is 2.28. The second-order valence-corrected chi connectivity index (χ2v) is 5.99. The maximum atomic E-state index is 5.23. The molecule has 1 N–H and O–H groups in total. The first-order chi connectivity index (χ1) is 9.85. The predicted molar refractivity (Wildman–Crippen MR) is 78.8 cm³/mol. The molecule has 2 heterocycles. The highest BCUT2D eigenvalue weighted by Gasteiger charge is 2.10. The molecule has 0 amide bonds. The Morgan fingerprint density at radius 1 is 1.25 bits per heavy atom. The average Bonchev–Trinajstić information content (AvgIpc) is 3.15. The van der Waals surface area contributed by atoms with E-state index >= 15 is 0 Å². The topological polar surface area (TPSA) is 76.7 Å². The molecule has 0 aliphatic heterocycles. The summed E-state index contributed by atoms with van der Waals surface area (Å²) in [6.45, 7) is 0. The van der Waals surface area contributed by atoms with Crippen LogP contribution in [0.15, 0.2) is 39.2 Å². The Morgan fingerprint density at radius 2 is 2.10 bits per heavy atom. The highest BCUT2D eigenvalue weighted by molar-refractivity contribution is 8.00. The van der Waals surface area contributed by atoms with E-state index in [2.05, 4.69) is 25.7 Å². The fourth-order valence-electron chi connectivity index (χ4n) is 1.51. The van der Waals surface area contributed by atoms with Crippen LogP contribution in [0.25, 0.3) is 11.4 Å². The lowest BCUT2D eigenvalue weighted by molar-refractivity contribution is 0.391. The minimum Gasteiger partial charge on any atom is -0.363 e. The van der Waals surface area contributed by atoms with Gasteiger partial charge in [-0.15, -0.1) is 10.2 Å². The molecular weight excluding hydrogens is 294 g/mol. The zero-order valence-electron chi connectivity index (χ0n) is 10.6. The van der Waals surface area contributed by atoms with Crippen molar-refractivity contribution in [2.75, 3.05) is 12.4 Å². The van der Waals surface area contributed by atoms with Crippen molar-refractivity contribution in [1.82, 2.24) is 20.3 Å². The first-order valence-corrected chi connectivity index (χ1v) is 7.67. The summed E-state index contributed by atoms with van der Waals surface area (Å²) >= 11 is 3.02. The third-order valence-corrected chi connectivity index (χ3v) is 4.50. The van der Waals surface area contributed by atoms with Crippen LogP contribution in [-0.2, 0) is 5.75 Å². The van der Waals surface area contributed by atoms with E-state index in [9.17, 15) is 0 Å². The molecule has 6 nitrogen and oxygen atoms in total. The molecule has 20 heavy (non-hydrogen) atoms. The van der Waals surface area contributed by atoms with Gasteiger partial charge in [-0.3, -0.25) is 0 Å². The Morgan fingerprint density at radius 3 is 2.85 bits per heavy atom. The Labute approximate surface area is 123 Å². The number of anilines is 1. The van der Waals surface area contributed by atoms with Gasteiger partial charge >= 0.3 is 0 Å². The van der Waals surface area contributed by atoms with Crippen molar-refractivity contribution in [3.05, 3.63) is 36.2 Å². The Bertz CT molecular complexity index is 682. The number of nitrogens with one attached hydrogen (secondary N) is 1. The van der Waals surface area contributed by atoms with Crippen LogP contribution < -0.4 is 5.32 Å². The molecule has 0 unspecified atom stereocenters. The molecule has 1 aromatic carbocycles. The molecule has 0 aliphatic rings. The fourth-order valence-corrected chi connectivity index (χ4v) is 3.05. The van der Waals surface area contributed by atoms with Crippen LogP contribution in [0, 0.1) is 0 Å². The summed E-state index contributed by atoms with van der Waals surface area (Å²) in [5.41, 5.74) is 0.945. The smallest absolute Gasteiger partial charge is 0.237 e. The largest absolute Gasteiger partial charge is 0.363 e. The number of rotatable bonds is 5. The molecular formula is C12H11N5OS2. The lowest BCUT2D eigenvalue weighted by atomic mass is 10.2. The van der Waals surface area contributed by atoms with E-state index in [1.54, 1.807) is 0 Å². The summed E-state index contributed by atoms with van der Waals surface area (Å²) < 4.78 is 6.10. The van der Waals surface area contributed by atoms with E-state index in [1.165, 1.54) is 23.1 Å². The Balaban J connectivity index is 1.65. The van der Waals surface area contributed by atoms with Crippen LogP contribution in [0.3, 0.4) is 0 Å². The summed E-state index contributed by atoms with van der Waals surface area (Å²) in [5.74, 6) is 1.77.